The molecule has 31 heavy (non-hydrogen) atoms. The number of fused-ring (bicyclic) bond motifs is 6. The summed E-state index contributed by atoms with van der Waals surface area (Å²) in [5, 5.41) is 10.9. The van der Waals surface area contributed by atoms with Crippen LogP contribution in [0, 0.1) is 6.92 Å². The maximum Gasteiger partial charge on any atom is 0.237 e. The number of benzene rings is 1. The number of hydrogen-bond donors (Lipinski definition) is 0. The Hall–Kier alpha value is -2.45. The van der Waals surface area contributed by atoms with Crippen molar-refractivity contribution in [2.45, 2.75) is 57.1 Å². The third-order valence-electron chi connectivity index (χ3n) is 6.40. The largest absolute Gasteiger partial charge is 0.308 e. The van der Waals surface area contributed by atoms with Gasteiger partial charge in [0.05, 0.1) is 11.1 Å². The van der Waals surface area contributed by atoms with Crippen molar-refractivity contribution in [2.24, 2.45) is 0 Å². The van der Waals surface area contributed by atoms with E-state index in [0.29, 0.717) is 5.75 Å². The van der Waals surface area contributed by atoms with Gasteiger partial charge in [0.25, 0.3) is 0 Å². The van der Waals surface area contributed by atoms with Crippen LogP contribution in [0.25, 0.3) is 15.9 Å². The molecule has 0 bridgehead atoms. The van der Waals surface area contributed by atoms with Crippen molar-refractivity contribution < 1.29 is 4.79 Å². The molecule has 0 spiro atoms. The summed E-state index contributed by atoms with van der Waals surface area (Å²) in [6.45, 7) is 4.11. The summed E-state index contributed by atoms with van der Waals surface area (Å²) >= 11 is 3.26. The van der Waals surface area contributed by atoms with Crippen LogP contribution in [0.15, 0.2) is 29.4 Å². The number of amides is 1. The lowest BCUT2D eigenvalue weighted by atomic mass is 9.97. The second kappa shape index (κ2) is 7.31. The Morgan fingerprint density at radius 2 is 2.06 bits per heavy atom. The van der Waals surface area contributed by atoms with Gasteiger partial charge >= 0.3 is 0 Å². The molecule has 1 atom stereocenters. The number of anilines is 1. The van der Waals surface area contributed by atoms with Gasteiger partial charge in [-0.05, 0) is 63.1 Å². The smallest absolute Gasteiger partial charge is 0.237 e. The number of thiophene rings is 1. The maximum atomic E-state index is 13.1. The van der Waals surface area contributed by atoms with Crippen LogP contribution in [0.1, 0.15) is 41.6 Å². The number of thioether (sulfide) groups is 1. The highest BCUT2D eigenvalue weighted by molar-refractivity contribution is 7.99. The Morgan fingerprint density at radius 3 is 2.97 bits per heavy atom. The Labute approximate surface area is 188 Å². The van der Waals surface area contributed by atoms with E-state index in [1.54, 1.807) is 11.3 Å². The van der Waals surface area contributed by atoms with Crippen LogP contribution in [-0.2, 0) is 24.1 Å². The van der Waals surface area contributed by atoms with Gasteiger partial charge in [-0.3, -0.25) is 9.20 Å². The molecule has 8 heteroatoms. The Balaban J connectivity index is 1.33. The van der Waals surface area contributed by atoms with Crippen molar-refractivity contribution in [2.75, 3.05) is 10.7 Å². The first-order valence-electron chi connectivity index (χ1n) is 10.8. The second-order valence-electron chi connectivity index (χ2n) is 8.43. The van der Waals surface area contributed by atoms with Gasteiger partial charge in [0.15, 0.2) is 10.8 Å². The lowest BCUT2D eigenvalue weighted by Crippen LogP contribution is -2.37. The second-order valence-corrected chi connectivity index (χ2v) is 10.5. The summed E-state index contributed by atoms with van der Waals surface area (Å²) in [5.74, 6) is 1.32. The zero-order valence-electron chi connectivity index (χ0n) is 17.6. The minimum Gasteiger partial charge on any atom is -0.308 e. The van der Waals surface area contributed by atoms with Gasteiger partial charge in [0.2, 0.25) is 5.91 Å². The fourth-order valence-corrected chi connectivity index (χ4v) is 7.16. The molecule has 158 valence electrons. The average molecular weight is 450 g/mol. The van der Waals surface area contributed by atoms with Gasteiger partial charge in [-0.15, -0.1) is 21.5 Å². The minimum absolute atomic E-state index is 0.110. The lowest BCUT2D eigenvalue weighted by molar-refractivity contribution is -0.116. The Kier molecular flexibility index (Phi) is 4.54. The van der Waals surface area contributed by atoms with E-state index >= 15 is 0 Å². The number of para-hydroxylation sites is 1. The van der Waals surface area contributed by atoms with Gasteiger partial charge < -0.3 is 4.90 Å². The molecular weight excluding hydrogens is 426 g/mol. The summed E-state index contributed by atoms with van der Waals surface area (Å²) in [4.78, 5) is 22.5. The molecule has 3 aromatic heterocycles. The molecule has 0 fully saturated rings. The lowest BCUT2D eigenvalue weighted by Gasteiger charge is -2.22. The third kappa shape index (κ3) is 2.99. The molecule has 6 rings (SSSR count). The fraction of sp³-hybridized carbons (Fsp3) is 0.391. The summed E-state index contributed by atoms with van der Waals surface area (Å²) in [6.07, 6.45) is 5.61. The number of aromatic nitrogens is 4. The van der Waals surface area contributed by atoms with Gasteiger partial charge in [0, 0.05) is 16.6 Å². The molecule has 6 nitrogen and oxygen atoms in total. The van der Waals surface area contributed by atoms with Gasteiger partial charge in [-0.1, -0.05) is 30.0 Å². The topological polar surface area (TPSA) is 63.4 Å². The van der Waals surface area contributed by atoms with E-state index in [2.05, 4.69) is 23.2 Å². The first-order valence-corrected chi connectivity index (χ1v) is 12.6. The van der Waals surface area contributed by atoms with E-state index in [-0.39, 0.29) is 11.9 Å². The molecule has 1 aliphatic carbocycles. The monoisotopic (exact) mass is 449 g/mol. The van der Waals surface area contributed by atoms with Crippen molar-refractivity contribution >= 4 is 50.6 Å². The number of nitrogens with zero attached hydrogens (tertiary/aromatic N) is 5. The summed E-state index contributed by atoms with van der Waals surface area (Å²) in [6, 6.07) is 8.37. The SMILES string of the molecule is Cc1nc2sc3c(c2c2nnc(SCC(=O)N4c5ccccc5C[C@@H]4C)n12)CCCC3. The highest BCUT2D eigenvalue weighted by atomic mass is 32.2. The minimum atomic E-state index is 0.110. The standard InChI is InChI=1S/C23H23N5OS2/c1-13-11-15-7-3-5-9-17(15)27(13)19(29)12-30-23-26-25-21-20-16-8-4-6-10-18(16)31-22(20)24-14(2)28(21)23/h3,5,7,9,13H,4,6,8,10-12H2,1-2H3/t13-/m0/s1. The fourth-order valence-electron chi connectivity index (χ4n) is 5.02. The average Bonchev–Trinajstić information content (AvgIpc) is 3.44. The van der Waals surface area contributed by atoms with E-state index in [4.69, 9.17) is 4.98 Å². The van der Waals surface area contributed by atoms with Crippen molar-refractivity contribution in [3.63, 3.8) is 0 Å². The van der Waals surface area contributed by atoms with Crippen molar-refractivity contribution in [3.8, 4) is 0 Å². The van der Waals surface area contributed by atoms with E-state index in [0.717, 1.165) is 51.8 Å². The number of carbonyl (C=O) groups is 1. The van der Waals surface area contributed by atoms with Crippen LogP contribution in [0.3, 0.4) is 0 Å². The predicted octanol–water partition coefficient (Wildman–Crippen LogP) is 4.60. The Morgan fingerprint density at radius 1 is 1.23 bits per heavy atom. The molecule has 1 amide bonds. The molecule has 0 saturated carbocycles. The van der Waals surface area contributed by atoms with E-state index in [1.807, 2.05) is 34.4 Å². The molecule has 2 aliphatic rings. The van der Waals surface area contributed by atoms with E-state index in [9.17, 15) is 4.79 Å². The number of rotatable bonds is 3. The maximum absolute atomic E-state index is 13.1. The normalized spacial score (nSPS) is 18.0. The molecule has 0 saturated heterocycles. The first-order chi connectivity index (χ1) is 15.1. The molecule has 1 aliphatic heterocycles. The number of hydrogen-bond acceptors (Lipinski definition) is 6. The first kappa shape index (κ1) is 19.3. The molecule has 4 heterocycles. The third-order valence-corrected chi connectivity index (χ3v) is 8.50. The molecule has 4 aromatic rings. The highest BCUT2D eigenvalue weighted by Crippen LogP contribution is 2.38. The van der Waals surface area contributed by atoms with E-state index in [1.165, 1.54) is 40.6 Å². The quantitative estimate of drug-likeness (QED) is 0.428. The Bertz CT molecular complexity index is 1340. The van der Waals surface area contributed by atoms with Crippen molar-refractivity contribution in [1.82, 2.24) is 19.6 Å². The van der Waals surface area contributed by atoms with Gasteiger partial charge in [0.1, 0.15) is 10.7 Å². The zero-order valence-corrected chi connectivity index (χ0v) is 19.2. The van der Waals surface area contributed by atoms with Crippen LogP contribution in [0.4, 0.5) is 5.69 Å². The molecular formula is C23H23N5OS2. The van der Waals surface area contributed by atoms with Crippen LogP contribution in [0.5, 0.6) is 0 Å². The van der Waals surface area contributed by atoms with Crippen LogP contribution in [-0.4, -0.2) is 37.3 Å². The summed E-state index contributed by atoms with van der Waals surface area (Å²) in [5.41, 5.74) is 4.57. The number of carbonyl (C=O) groups excluding carboxylic acids is 1. The zero-order chi connectivity index (χ0) is 21.1. The molecule has 0 radical (unpaired) electrons. The van der Waals surface area contributed by atoms with E-state index < -0.39 is 0 Å². The number of aryl methyl sites for hydroxylation is 3. The molecule has 1 aromatic carbocycles. The van der Waals surface area contributed by atoms with Crippen LogP contribution >= 0.6 is 23.1 Å². The van der Waals surface area contributed by atoms with Gasteiger partial charge in [-0.2, -0.15) is 0 Å². The molecule has 0 N–H and O–H groups in total. The highest BCUT2D eigenvalue weighted by Gasteiger charge is 2.31. The van der Waals surface area contributed by atoms with Crippen LogP contribution in [0.2, 0.25) is 0 Å². The van der Waals surface area contributed by atoms with Crippen LogP contribution < -0.4 is 4.90 Å². The van der Waals surface area contributed by atoms with Crippen molar-refractivity contribution in [3.05, 3.63) is 46.1 Å². The predicted molar refractivity (Wildman–Crippen MR) is 125 cm³/mol. The summed E-state index contributed by atoms with van der Waals surface area (Å²) < 4.78 is 2.03. The van der Waals surface area contributed by atoms with Crippen molar-refractivity contribution in [1.29, 1.82) is 0 Å². The molecule has 0 unspecified atom stereocenters. The van der Waals surface area contributed by atoms with Gasteiger partial charge in [-0.25, -0.2) is 4.98 Å². The summed E-state index contributed by atoms with van der Waals surface area (Å²) in [7, 11) is 0.